The number of halogens is 1. The first kappa shape index (κ1) is 24.3. The first-order chi connectivity index (χ1) is 15.1. The number of aryl methyl sites for hydroxylation is 1. The number of esters is 1. The van der Waals surface area contributed by atoms with Gasteiger partial charge >= 0.3 is 5.97 Å². The van der Waals surface area contributed by atoms with Gasteiger partial charge < -0.3 is 9.30 Å². The summed E-state index contributed by atoms with van der Waals surface area (Å²) in [5.41, 5.74) is 3.73. The molecule has 0 amide bonds. The van der Waals surface area contributed by atoms with Crippen LogP contribution in [0.4, 0.5) is 0 Å². The molecule has 1 aromatic heterocycles. The van der Waals surface area contributed by atoms with E-state index in [9.17, 15) is 18.0 Å². The van der Waals surface area contributed by atoms with Crippen molar-refractivity contribution >= 4 is 33.2 Å². The number of rotatable bonds is 8. The maximum Gasteiger partial charge on any atom is 0.340 e. The zero-order valence-electron chi connectivity index (χ0n) is 18.6. The molecule has 172 valence electrons. The lowest BCUT2D eigenvalue weighted by atomic mass is 9.97. The maximum atomic E-state index is 12.8. The number of nitrogens with zero attached hydrogens (tertiary/aromatic N) is 1. The standard InChI is InChI=1S/C24H28ClNO5S/c1-16-13-20(17(2)26(16)12-11-18-7-5-4-6-8-18)23(27)15-31-24(28)21-14-19(32(3,29)30)9-10-22(21)25/h7,9-10,13-14H,4-6,8,11-12,15H2,1-3H3. The highest BCUT2D eigenvalue weighted by Crippen LogP contribution is 2.24. The Hall–Kier alpha value is -2.38. The summed E-state index contributed by atoms with van der Waals surface area (Å²) in [4.78, 5) is 25.2. The Balaban J connectivity index is 1.67. The third kappa shape index (κ3) is 5.70. The van der Waals surface area contributed by atoms with Gasteiger partial charge in [-0.25, -0.2) is 13.2 Å². The van der Waals surface area contributed by atoms with E-state index in [1.165, 1.54) is 30.5 Å². The minimum Gasteiger partial charge on any atom is -0.454 e. The quantitative estimate of drug-likeness (QED) is 0.300. The first-order valence-corrected chi connectivity index (χ1v) is 12.9. The van der Waals surface area contributed by atoms with Crippen LogP contribution in [0.1, 0.15) is 64.2 Å². The number of benzene rings is 1. The van der Waals surface area contributed by atoms with E-state index in [1.54, 1.807) is 0 Å². The van der Waals surface area contributed by atoms with Crippen molar-refractivity contribution in [2.75, 3.05) is 12.9 Å². The van der Waals surface area contributed by atoms with E-state index in [2.05, 4.69) is 10.6 Å². The predicted molar refractivity (Wildman–Crippen MR) is 124 cm³/mol. The van der Waals surface area contributed by atoms with Gasteiger partial charge in [-0.1, -0.05) is 23.3 Å². The van der Waals surface area contributed by atoms with Crippen LogP contribution < -0.4 is 0 Å². The van der Waals surface area contributed by atoms with E-state index >= 15 is 0 Å². The van der Waals surface area contributed by atoms with E-state index in [1.807, 2.05) is 19.9 Å². The number of hydrogen-bond acceptors (Lipinski definition) is 5. The van der Waals surface area contributed by atoms with Crippen molar-refractivity contribution in [1.29, 1.82) is 0 Å². The number of carbonyl (C=O) groups excluding carboxylic acids is 2. The fraction of sp³-hybridized carbons (Fsp3) is 0.417. The molecule has 0 N–H and O–H groups in total. The monoisotopic (exact) mass is 477 g/mol. The second-order valence-corrected chi connectivity index (χ2v) is 10.6. The summed E-state index contributed by atoms with van der Waals surface area (Å²) in [6, 6.07) is 5.62. The lowest BCUT2D eigenvalue weighted by Crippen LogP contribution is -2.16. The third-order valence-corrected chi connectivity index (χ3v) is 7.28. The lowest BCUT2D eigenvalue weighted by Gasteiger charge is -2.15. The minimum atomic E-state index is -3.51. The number of allylic oxidation sites excluding steroid dienone is 2. The Morgan fingerprint density at radius 2 is 1.88 bits per heavy atom. The van der Waals surface area contributed by atoms with Gasteiger partial charge in [0.15, 0.2) is 16.4 Å². The summed E-state index contributed by atoms with van der Waals surface area (Å²) in [5, 5.41) is 0.0602. The molecule has 0 saturated carbocycles. The number of ether oxygens (including phenoxy) is 1. The predicted octanol–water partition coefficient (Wildman–Crippen LogP) is 5.09. The van der Waals surface area contributed by atoms with Crippen molar-refractivity contribution in [3.8, 4) is 0 Å². The molecule has 0 fully saturated rings. The number of aromatic nitrogens is 1. The summed E-state index contributed by atoms with van der Waals surface area (Å²) >= 11 is 6.03. The van der Waals surface area contributed by atoms with E-state index in [4.69, 9.17) is 16.3 Å². The SMILES string of the molecule is Cc1cc(C(=O)COC(=O)c2cc(S(C)(=O)=O)ccc2Cl)c(C)n1CCC1=CCCCC1. The highest BCUT2D eigenvalue weighted by molar-refractivity contribution is 7.90. The fourth-order valence-electron chi connectivity index (χ4n) is 3.99. The fourth-order valence-corrected chi connectivity index (χ4v) is 4.83. The van der Waals surface area contributed by atoms with Gasteiger partial charge in [0.05, 0.1) is 15.5 Å². The zero-order chi connectivity index (χ0) is 23.5. The second kappa shape index (κ2) is 10.0. The zero-order valence-corrected chi connectivity index (χ0v) is 20.2. The van der Waals surface area contributed by atoms with Gasteiger partial charge in [0.2, 0.25) is 5.78 Å². The van der Waals surface area contributed by atoms with Crippen LogP contribution in [0.3, 0.4) is 0 Å². The molecule has 6 nitrogen and oxygen atoms in total. The summed E-state index contributed by atoms with van der Waals surface area (Å²) in [6.07, 6.45) is 9.11. The van der Waals surface area contributed by atoms with E-state index in [-0.39, 0.29) is 21.3 Å². The van der Waals surface area contributed by atoms with Crippen molar-refractivity contribution in [1.82, 2.24) is 4.57 Å². The smallest absolute Gasteiger partial charge is 0.340 e. The van der Waals surface area contributed by atoms with Crippen LogP contribution in [0.25, 0.3) is 0 Å². The van der Waals surface area contributed by atoms with Crippen LogP contribution in [0.15, 0.2) is 40.8 Å². The van der Waals surface area contributed by atoms with Gasteiger partial charge in [-0.05, 0) is 70.2 Å². The van der Waals surface area contributed by atoms with E-state index in [0.29, 0.717) is 5.56 Å². The summed E-state index contributed by atoms with van der Waals surface area (Å²) in [6.45, 7) is 4.21. The molecule has 0 bridgehead atoms. The van der Waals surface area contributed by atoms with Crippen LogP contribution in [0.2, 0.25) is 5.02 Å². The minimum absolute atomic E-state index is 0.0446. The highest BCUT2D eigenvalue weighted by Gasteiger charge is 2.20. The van der Waals surface area contributed by atoms with Crippen LogP contribution in [-0.2, 0) is 21.1 Å². The second-order valence-electron chi connectivity index (χ2n) is 8.21. The normalized spacial score (nSPS) is 14.2. The molecular formula is C24H28ClNO5S. The van der Waals surface area contributed by atoms with Crippen LogP contribution in [0.5, 0.6) is 0 Å². The molecule has 0 unspecified atom stereocenters. The molecule has 0 atom stereocenters. The molecular weight excluding hydrogens is 450 g/mol. The molecule has 32 heavy (non-hydrogen) atoms. The third-order valence-electron chi connectivity index (χ3n) is 5.84. The van der Waals surface area contributed by atoms with Crippen molar-refractivity contribution in [2.45, 2.75) is 57.4 Å². The molecule has 0 aliphatic heterocycles. The molecule has 1 aliphatic carbocycles. The van der Waals surface area contributed by atoms with Crippen molar-refractivity contribution in [3.63, 3.8) is 0 Å². The Morgan fingerprint density at radius 3 is 2.53 bits per heavy atom. The molecule has 8 heteroatoms. The Labute approximate surface area is 194 Å². The largest absolute Gasteiger partial charge is 0.454 e. The Morgan fingerprint density at radius 1 is 1.12 bits per heavy atom. The average Bonchev–Trinajstić information content (AvgIpc) is 3.04. The van der Waals surface area contributed by atoms with Gasteiger partial charge in [0.25, 0.3) is 0 Å². The molecule has 0 saturated heterocycles. The van der Waals surface area contributed by atoms with Crippen LogP contribution in [0, 0.1) is 13.8 Å². The number of ketones is 1. The van der Waals surface area contributed by atoms with Gasteiger partial charge in [0.1, 0.15) is 0 Å². The maximum absolute atomic E-state index is 12.8. The average molecular weight is 478 g/mol. The van der Waals surface area contributed by atoms with Crippen molar-refractivity contribution < 1.29 is 22.7 Å². The van der Waals surface area contributed by atoms with Crippen LogP contribution >= 0.6 is 11.6 Å². The molecule has 1 aromatic carbocycles. The van der Waals surface area contributed by atoms with Gasteiger partial charge in [-0.3, -0.25) is 4.79 Å². The molecule has 1 aliphatic rings. The molecule has 2 aromatic rings. The Kier molecular flexibility index (Phi) is 7.62. The summed E-state index contributed by atoms with van der Waals surface area (Å²) in [7, 11) is -3.51. The molecule has 1 heterocycles. The number of carbonyl (C=O) groups is 2. The van der Waals surface area contributed by atoms with Crippen LogP contribution in [-0.4, -0.2) is 37.6 Å². The first-order valence-electron chi connectivity index (χ1n) is 10.6. The summed E-state index contributed by atoms with van der Waals surface area (Å²) in [5.74, 6) is -1.16. The number of Topliss-reactive ketones (excluding diaryl/α,β-unsaturated/α-hetero) is 1. The molecule has 0 spiro atoms. The van der Waals surface area contributed by atoms with Crippen molar-refractivity contribution in [3.05, 3.63) is 63.5 Å². The Bertz CT molecular complexity index is 1180. The topological polar surface area (TPSA) is 82.4 Å². The summed E-state index contributed by atoms with van der Waals surface area (Å²) < 4.78 is 30.8. The highest BCUT2D eigenvalue weighted by atomic mass is 35.5. The van der Waals surface area contributed by atoms with E-state index in [0.717, 1.165) is 49.5 Å². The number of sulfone groups is 1. The van der Waals surface area contributed by atoms with Crippen molar-refractivity contribution in [2.24, 2.45) is 0 Å². The van der Waals surface area contributed by atoms with Gasteiger partial charge in [-0.15, -0.1) is 0 Å². The van der Waals surface area contributed by atoms with Gasteiger partial charge in [0, 0.05) is 29.8 Å². The van der Waals surface area contributed by atoms with E-state index < -0.39 is 22.4 Å². The molecule has 0 radical (unpaired) electrons. The lowest BCUT2D eigenvalue weighted by molar-refractivity contribution is 0.0474. The number of hydrogen-bond donors (Lipinski definition) is 0. The van der Waals surface area contributed by atoms with Gasteiger partial charge in [-0.2, -0.15) is 0 Å². The molecule has 3 rings (SSSR count).